The maximum atomic E-state index is 6.01. The van der Waals surface area contributed by atoms with E-state index >= 15 is 0 Å². The van der Waals surface area contributed by atoms with Crippen LogP contribution in [0.5, 0.6) is 0 Å². The van der Waals surface area contributed by atoms with Crippen molar-refractivity contribution in [3.8, 4) is 0 Å². The second-order valence-corrected chi connectivity index (χ2v) is 4.84. The van der Waals surface area contributed by atoms with Crippen LogP contribution in [0.3, 0.4) is 0 Å². The molecule has 0 unspecified atom stereocenters. The molecule has 0 spiro atoms. The molecule has 1 heterocycles. The minimum Gasteiger partial charge on any atom is -0.367 e. The summed E-state index contributed by atoms with van der Waals surface area (Å²) in [5.41, 5.74) is 3.56. The average molecular weight is 264 g/mol. The third kappa shape index (κ3) is 2.67. The number of nitrogens with zero attached hydrogens (tertiary/aromatic N) is 3. The van der Waals surface area contributed by atoms with Gasteiger partial charge in [-0.25, -0.2) is 4.98 Å². The fraction of sp³-hybridized carbons (Fsp3) is 0.357. The van der Waals surface area contributed by atoms with Gasteiger partial charge in [0, 0.05) is 38.1 Å². The molecular weight excluding hydrogens is 246 g/mol. The molecule has 0 aliphatic carbocycles. The third-order valence-electron chi connectivity index (χ3n) is 3.09. The van der Waals surface area contributed by atoms with Gasteiger partial charge in [-0.1, -0.05) is 17.7 Å². The van der Waals surface area contributed by atoms with E-state index in [1.807, 2.05) is 24.0 Å². The number of alkyl halides is 1. The number of anilines is 1. The topological polar surface area (TPSA) is 21.1 Å². The number of aryl methyl sites for hydroxylation is 2. The molecule has 1 aromatic heterocycles. The first-order valence-corrected chi connectivity index (χ1v) is 6.48. The van der Waals surface area contributed by atoms with Crippen LogP contribution in [0, 0.1) is 6.92 Å². The summed E-state index contributed by atoms with van der Waals surface area (Å²) in [4.78, 5) is 6.52. The summed E-state index contributed by atoms with van der Waals surface area (Å²) in [6, 6.07) is 6.37. The van der Waals surface area contributed by atoms with Crippen molar-refractivity contribution in [2.24, 2.45) is 7.05 Å². The molecule has 0 atom stereocenters. The molecule has 0 fully saturated rings. The first-order chi connectivity index (χ1) is 8.61. The van der Waals surface area contributed by atoms with Crippen molar-refractivity contribution in [1.82, 2.24) is 9.55 Å². The van der Waals surface area contributed by atoms with E-state index in [4.69, 9.17) is 11.6 Å². The molecule has 4 heteroatoms. The van der Waals surface area contributed by atoms with Gasteiger partial charge in [-0.3, -0.25) is 0 Å². The SMILES string of the molecule is Cc1ccc(N(C)Cc2nccn2C)c(CCl)c1. The highest BCUT2D eigenvalue weighted by molar-refractivity contribution is 6.17. The van der Waals surface area contributed by atoms with Crippen LogP contribution < -0.4 is 4.90 Å². The zero-order chi connectivity index (χ0) is 13.1. The molecule has 0 saturated heterocycles. The minimum absolute atomic E-state index is 0.530. The van der Waals surface area contributed by atoms with Crippen LogP contribution in [0.2, 0.25) is 0 Å². The second kappa shape index (κ2) is 5.44. The summed E-state index contributed by atoms with van der Waals surface area (Å²) in [7, 11) is 4.07. The number of hydrogen-bond donors (Lipinski definition) is 0. The third-order valence-corrected chi connectivity index (χ3v) is 3.38. The standard InChI is InChI=1S/C14H18ClN3/c1-11-4-5-13(12(8-11)9-15)18(3)10-14-16-6-7-17(14)2/h4-8H,9-10H2,1-3H3. The van der Waals surface area contributed by atoms with Gasteiger partial charge in [0.1, 0.15) is 5.82 Å². The van der Waals surface area contributed by atoms with E-state index in [9.17, 15) is 0 Å². The van der Waals surface area contributed by atoms with Gasteiger partial charge in [0.25, 0.3) is 0 Å². The molecule has 0 N–H and O–H groups in total. The van der Waals surface area contributed by atoms with E-state index < -0.39 is 0 Å². The summed E-state index contributed by atoms with van der Waals surface area (Å²) in [6.07, 6.45) is 3.78. The van der Waals surface area contributed by atoms with Crippen molar-refractivity contribution in [3.05, 3.63) is 47.5 Å². The van der Waals surface area contributed by atoms with Crippen molar-refractivity contribution in [3.63, 3.8) is 0 Å². The number of hydrogen-bond acceptors (Lipinski definition) is 2. The van der Waals surface area contributed by atoms with Crippen LogP contribution >= 0.6 is 11.6 Å². The minimum atomic E-state index is 0.530. The van der Waals surface area contributed by atoms with Gasteiger partial charge in [-0.15, -0.1) is 11.6 Å². The maximum absolute atomic E-state index is 6.01. The van der Waals surface area contributed by atoms with Crippen molar-refractivity contribution >= 4 is 17.3 Å². The number of rotatable bonds is 4. The Morgan fingerprint density at radius 3 is 2.78 bits per heavy atom. The van der Waals surface area contributed by atoms with Gasteiger partial charge >= 0.3 is 0 Å². The van der Waals surface area contributed by atoms with E-state index in [2.05, 4.69) is 42.1 Å². The average Bonchev–Trinajstić information content (AvgIpc) is 2.74. The maximum Gasteiger partial charge on any atom is 0.127 e. The Bertz CT molecular complexity index is 534. The molecular formula is C14H18ClN3. The smallest absolute Gasteiger partial charge is 0.127 e. The van der Waals surface area contributed by atoms with Gasteiger partial charge < -0.3 is 9.47 Å². The molecule has 2 aromatic rings. The summed E-state index contributed by atoms with van der Waals surface area (Å²) in [5, 5.41) is 0. The Kier molecular flexibility index (Phi) is 3.92. The molecule has 0 bridgehead atoms. The fourth-order valence-electron chi connectivity index (χ4n) is 2.04. The lowest BCUT2D eigenvalue weighted by Gasteiger charge is -2.22. The largest absolute Gasteiger partial charge is 0.367 e. The van der Waals surface area contributed by atoms with E-state index in [0.29, 0.717) is 5.88 Å². The van der Waals surface area contributed by atoms with Gasteiger partial charge in [0.2, 0.25) is 0 Å². The summed E-state index contributed by atoms with van der Waals surface area (Å²) in [5.74, 6) is 1.57. The van der Waals surface area contributed by atoms with Gasteiger partial charge in [-0.2, -0.15) is 0 Å². The molecule has 0 amide bonds. The number of benzene rings is 1. The lowest BCUT2D eigenvalue weighted by molar-refractivity contribution is 0.760. The summed E-state index contributed by atoms with van der Waals surface area (Å²) < 4.78 is 2.03. The summed E-state index contributed by atoms with van der Waals surface area (Å²) >= 11 is 6.01. The van der Waals surface area contributed by atoms with E-state index in [1.165, 1.54) is 11.3 Å². The van der Waals surface area contributed by atoms with Gasteiger partial charge in [-0.05, 0) is 18.6 Å². The van der Waals surface area contributed by atoms with Crippen LogP contribution in [0.1, 0.15) is 17.0 Å². The monoisotopic (exact) mass is 263 g/mol. The highest BCUT2D eigenvalue weighted by Crippen LogP contribution is 2.23. The van der Waals surface area contributed by atoms with Crippen LogP contribution in [0.15, 0.2) is 30.6 Å². The predicted octanol–water partition coefficient (Wildman–Crippen LogP) is 3.10. The van der Waals surface area contributed by atoms with Crippen LogP contribution in [0.4, 0.5) is 5.69 Å². The molecule has 2 rings (SSSR count). The van der Waals surface area contributed by atoms with Crippen LogP contribution in [-0.2, 0) is 19.5 Å². The zero-order valence-corrected chi connectivity index (χ0v) is 11.8. The molecule has 1 aromatic carbocycles. The summed E-state index contributed by atoms with van der Waals surface area (Å²) in [6.45, 7) is 2.86. The number of aromatic nitrogens is 2. The predicted molar refractivity (Wildman–Crippen MR) is 76.1 cm³/mol. The first kappa shape index (κ1) is 13.0. The van der Waals surface area contributed by atoms with Gasteiger partial charge in [0.15, 0.2) is 0 Å². The highest BCUT2D eigenvalue weighted by Gasteiger charge is 2.09. The Balaban J connectivity index is 2.23. The van der Waals surface area contributed by atoms with Crippen LogP contribution in [-0.4, -0.2) is 16.6 Å². The molecule has 3 nitrogen and oxygen atoms in total. The molecule has 18 heavy (non-hydrogen) atoms. The molecule has 0 saturated carbocycles. The Morgan fingerprint density at radius 2 is 2.17 bits per heavy atom. The fourth-order valence-corrected chi connectivity index (χ4v) is 2.25. The van der Waals surface area contributed by atoms with Crippen molar-refractivity contribution < 1.29 is 0 Å². The number of imidazole rings is 1. The Labute approximate surface area is 113 Å². The van der Waals surface area contributed by atoms with Crippen molar-refractivity contribution in [1.29, 1.82) is 0 Å². The lowest BCUT2D eigenvalue weighted by Crippen LogP contribution is -2.20. The van der Waals surface area contributed by atoms with E-state index in [1.54, 1.807) is 0 Å². The highest BCUT2D eigenvalue weighted by atomic mass is 35.5. The van der Waals surface area contributed by atoms with Crippen molar-refractivity contribution in [2.75, 3.05) is 11.9 Å². The molecule has 0 aliphatic rings. The quantitative estimate of drug-likeness (QED) is 0.791. The normalized spacial score (nSPS) is 10.7. The van der Waals surface area contributed by atoms with E-state index in [-0.39, 0.29) is 0 Å². The van der Waals surface area contributed by atoms with Crippen LogP contribution in [0.25, 0.3) is 0 Å². The number of halogens is 1. The Morgan fingerprint density at radius 1 is 1.39 bits per heavy atom. The zero-order valence-electron chi connectivity index (χ0n) is 11.0. The first-order valence-electron chi connectivity index (χ1n) is 5.94. The van der Waals surface area contributed by atoms with Crippen molar-refractivity contribution in [2.45, 2.75) is 19.3 Å². The molecule has 96 valence electrons. The van der Waals surface area contributed by atoms with Gasteiger partial charge in [0.05, 0.1) is 6.54 Å². The second-order valence-electron chi connectivity index (χ2n) is 4.58. The lowest BCUT2D eigenvalue weighted by atomic mass is 10.1. The molecule has 0 radical (unpaired) electrons. The Hall–Kier alpha value is -1.48. The van der Waals surface area contributed by atoms with E-state index in [0.717, 1.165) is 17.9 Å². The molecule has 0 aliphatic heterocycles.